The van der Waals surface area contributed by atoms with E-state index >= 15 is 0 Å². The predicted octanol–water partition coefficient (Wildman–Crippen LogP) is 0.950. The van der Waals surface area contributed by atoms with E-state index in [9.17, 15) is 4.79 Å². The van der Waals surface area contributed by atoms with Gasteiger partial charge < -0.3 is 15.3 Å². The van der Waals surface area contributed by atoms with Crippen LogP contribution in [0.2, 0.25) is 0 Å². The molecule has 0 fully saturated rings. The third-order valence-corrected chi connectivity index (χ3v) is 2.57. The molecule has 0 saturated carbocycles. The van der Waals surface area contributed by atoms with Crippen LogP contribution in [0.15, 0.2) is 34.7 Å². The van der Waals surface area contributed by atoms with Crippen molar-refractivity contribution in [2.45, 2.75) is 6.17 Å². The van der Waals surface area contributed by atoms with Gasteiger partial charge in [-0.15, -0.1) is 0 Å². The van der Waals surface area contributed by atoms with Gasteiger partial charge in [-0.25, -0.2) is 4.79 Å². The monoisotopic (exact) mass is 242 g/mol. The number of hydrogen-bond acceptors (Lipinski definition) is 3. The normalized spacial score (nSPS) is 24.7. The summed E-state index contributed by atoms with van der Waals surface area (Å²) in [5, 5.41) is 11.6. The van der Waals surface area contributed by atoms with Crippen molar-refractivity contribution in [2.24, 2.45) is 0 Å². The number of nitrogens with one attached hydrogen (secondary N) is 1. The number of halogens is 1. The highest BCUT2D eigenvalue weighted by molar-refractivity contribution is 9.11. The lowest BCUT2D eigenvalue weighted by molar-refractivity contribution is -0.133. The molecule has 0 saturated heterocycles. The number of nitrogens with zero attached hydrogens (tertiary/aromatic N) is 1. The molecule has 0 aromatic heterocycles. The van der Waals surface area contributed by atoms with E-state index in [4.69, 9.17) is 5.11 Å². The Bertz CT molecular complexity index is 346. The summed E-state index contributed by atoms with van der Waals surface area (Å²) < 4.78 is 0.919. The van der Waals surface area contributed by atoms with E-state index in [1.165, 1.54) is 0 Å². The molecule has 0 aliphatic carbocycles. The van der Waals surface area contributed by atoms with Crippen LogP contribution in [0.1, 0.15) is 0 Å². The first-order valence-electron chi connectivity index (χ1n) is 3.71. The van der Waals surface area contributed by atoms with Crippen LogP contribution in [0.5, 0.6) is 0 Å². The Morgan fingerprint density at radius 2 is 2.46 bits per heavy atom. The fourth-order valence-corrected chi connectivity index (χ4v) is 1.77. The molecule has 2 aliphatic rings. The van der Waals surface area contributed by atoms with E-state index < -0.39 is 5.97 Å². The van der Waals surface area contributed by atoms with Crippen molar-refractivity contribution in [1.82, 2.24) is 10.2 Å². The maximum absolute atomic E-state index is 10.6. The highest BCUT2D eigenvalue weighted by Gasteiger charge is 2.28. The van der Waals surface area contributed by atoms with Crippen LogP contribution in [0, 0.1) is 0 Å². The van der Waals surface area contributed by atoms with Gasteiger partial charge >= 0.3 is 5.97 Å². The van der Waals surface area contributed by atoms with E-state index in [0.29, 0.717) is 0 Å². The van der Waals surface area contributed by atoms with Crippen molar-refractivity contribution in [3.05, 3.63) is 34.7 Å². The van der Waals surface area contributed by atoms with Crippen molar-refractivity contribution < 1.29 is 9.90 Å². The molecule has 0 amide bonds. The van der Waals surface area contributed by atoms with E-state index in [1.54, 1.807) is 11.1 Å². The molecule has 2 rings (SSSR count). The van der Waals surface area contributed by atoms with Crippen LogP contribution in [-0.2, 0) is 4.79 Å². The molecule has 0 bridgehead atoms. The topological polar surface area (TPSA) is 52.6 Å². The Hall–Kier alpha value is -1.23. The van der Waals surface area contributed by atoms with E-state index in [2.05, 4.69) is 21.2 Å². The number of aliphatic carboxylic acids is 1. The summed E-state index contributed by atoms with van der Waals surface area (Å²) in [6.07, 6.45) is 7.02. The number of carboxylic acids is 1. The van der Waals surface area contributed by atoms with Crippen molar-refractivity contribution in [1.29, 1.82) is 0 Å². The highest BCUT2D eigenvalue weighted by Crippen LogP contribution is 2.25. The lowest BCUT2D eigenvalue weighted by Gasteiger charge is -2.23. The third kappa shape index (κ3) is 1.35. The smallest absolute Gasteiger partial charge is 0.353 e. The van der Waals surface area contributed by atoms with E-state index in [1.807, 2.05) is 18.4 Å². The average Bonchev–Trinajstić information content (AvgIpc) is 2.49. The van der Waals surface area contributed by atoms with Crippen molar-refractivity contribution in [3.8, 4) is 0 Å². The second kappa shape index (κ2) is 2.92. The molecule has 2 N–H and O–H groups in total. The Kier molecular flexibility index (Phi) is 1.88. The quantitative estimate of drug-likeness (QED) is 0.719. The van der Waals surface area contributed by atoms with Gasteiger partial charge in [-0.05, 0) is 12.2 Å². The van der Waals surface area contributed by atoms with Gasteiger partial charge in [0.2, 0.25) is 0 Å². The largest absolute Gasteiger partial charge is 0.477 e. The zero-order valence-corrected chi connectivity index (χ0v) is 8.15. The third-order valence-electron chi connectivity index (χ3n) is 1.87. The van der Waals surface area contributed by atoms with Gasteiger partial charge in [0.25, 0.3) is 0 Å². The molecule has 2 aliphatic heterocycles. The molecule has 0 aromatic rings. The summed E-state index contributed by atoms with van der Waals surface area (Å²) in [6, 6.07) is 0. The molecule has 0 unspecified atom stereocenters. The standard InChI is InChI=1S/C8H7BrN2O2/c9-5-2-1-3-11-4-6(8(12)13)10-7(5)11/h1-4,7,10H,(H,12,13)/t7-/m0/s1. The first-order valence-corrected chi connectivity index (χ1v) is 4.51. The van der Waals surface area contributed by atoms with Gasteiger partial charge in [-0.3, -0.25) is 0 Å². The van der Waals surface area contributed by atoms with E-state index in [-0.39, 0.29) is 11.9 Å². The minimum Gasteiger partial charge on any atom is -0.477 e. The lowest BCUT2D eigenvalue weighted by Crippen LogP contribution is -2.35. The molecular formula is C8H7BrN2O2. The van der Waals surface area contributed by atoms with Crippen molar-refractivity contribution in [2.75, 3.05) is 0 Å². The van der Waals surface area contributed by atoms with Gasteiger partial charge in [0.05, 0.1) is 0 Å². The number of fused-ring (bicyclic) bond motifs is 1. The lowest BCUT2D eigenvalue weighted by atomic mass is 10.3. The number of hydrogen-bond donors (Lipinski definition) is 2. The van der Waals surface area contributed by atoms with Crippen LogP contribution < -0.4 is 5.32 Å². The van der Waals surface area contributed by atoms with Gasteiger partial charge in [0, 0.05) is 16.9 Å². The number of rotatable bonds is 1. The molecule has 2 heterocycles. The van der Waals surface area contributed by atoms with Crippen LogP contribution in [0.4, 0.5) is 0 Å². The van der Waals surface area contributed by atoms with Gasteiger partial charge in [0.15, 0.2) is 0 Å². The van der Waals surface area contributed by atoms with Crippen LogP contribution in [-0.4, -0.2) is 22.1 Å². The Balaban J connectivity index is 2.25. The van der Waals surface area contributed by atoms with Gasteiger partial charge in [-0.1, -0.05) is 15.9 Å². The first kappa shape index (κ1) is 8.37. The first-order chi connectivity index (χ1) is 6.18. The zero-order chi connectivity index (χ0) is 9.42. The summed E-state index contributed by atoms with van der Waals surface area (Å²) in [5.41, 5.74) is 0.210. The summed E-state index contributed by atoms with van der Waals surface area (Å²) in [4.78, 5) is 12.4. The number of carboxylic acid groups (broad SMARTS) is 1. The molecule has 1 atom stereocenters. The van der Waals surface area contributed by atoms with Gasteiger partial charge in [-0.2, -0.15) is 0 Å². The predicted molar refractivity (Wildman–Crippen MR) is 50.6 cm³/mol. The zero-order valence-electron chi connectivity index (χ0n) is 6.57. The number of allylic oxidation sites excluding steroid dienone is 2. The summed E-state index contributed by atoms with van der Waals surface area (Å²) >= 11 is 3.35. The SMILES string of the molecule is O=C(O)C1=CN2C=CC=C(Br)[C@H]2N1. The van der Waals surface area contributed by atoms with Crippen molar-refractivity contribution in [3.63, 3.8) is 0 Å². The minimum absolute atomic E-state index is 0.101. The Morgan fingerprint density at radius 3 is 3.08 bits per heavy atom. The van der Waals surface area contributed by atoms with Crippen LogP contribution in [0.25, 0.3) is 0 Å². The van der Waals surface area contributed by atoms with Crippen LogP contribution >= 0.6 is 15.9 Å². The molecule has 68 valence electrons. The fraction of sp³-hybridized carbons (Fsp3) is 0.125. The Morgan fingerprint density at radius 1 is 1.69 bits per heavy atom. The Labute approximate surface area is 83.3 Å². The second-order valence-electron chi connectivity index (χ2n) is 2.74. The maximum Gasteiger partial charge on any atom is 0.353 e. The molecular weight excluding hydrogens is 236 g/mol. The molecule has 13 heavy (non-hydrogen) atoms. The molecule has 5 heteroatoms. The maximum atomic E-state index is 10.6. The summed E-state index contributed by atoms with van der Waals surface area (Å²) in [7, 11) is 0. The molecule has 0 aromatic carbocycles. The van der Waals surface area contributed by atoms with Crippen LogP contribution in [0.3, 0.4) is 0 Å². The minimum atomic E-state index is -0.942. The number of carbonyl (C=O) groups is 1. The second-order valence-corrected chi connectivity index (χ2v) is 3.65. The molecule has 0 radical (unpaired) electrons. The summed E-state index contributed by atoms with van der Waals surface area (Å²) in [6.45, 7) is 0. The molecule has 0 spiro atoms. The fourth-order valence-electron chi connectivity index (χ4n) is 1.27. The summed E-state index contributed by atoms with van der Waals surface area (Å²) in [5.74, 6) is -0.942. The van der Waals surface area contributed by atoms with Crippen molar-refractivity contribution >= 4 is 21.9 Å². The highest BCUT2D eigenvalue weighted by atomic mass is 79.9. The van der Waals surface area contributed by atoms with E-state index in [0.717, 1.165) is 4.48 Å². The average molecular weight is 243 g/mol. The molecule has 4 nitrogen and oxygen atoms in total. The van der Waals surface area contributed by atoms with Gasteiger partial charge in [0.1, 0.15) is 11.9 Å².